The van der Waals surface area contributed by atoms with Crippen LogP contribution in [0.25, 0.3) is 0 Å². The third kappa shape index (κ3) is 4.14. The highest BCUT2D eigenvalue weighted by Gasteiger charge is 2.02. The van der Waals surface area contributed by atoms with Gasteiger partial charge in [0.1, 0.15) is 5.75 Å². The van der Waals surface area contributed by atoms with Gasteiger partial charge in [0.2, 0.25) is 0 Å². The summed E-state index contributed by atoms with van der Waals surface area (Å²) in [5.74, 6) is 3.11. The highest BCUT2D eigenvalue weighted by atomic mass is 32.2. The van der Waals surface area contributed by atoms with E-state index in [-0.39, 0.29) is 0 Å². The van der Waals surface area contributed by atoms with E-state index in [9.17, 15) is 0 Å². The Morgan fingerprint density at radius 1 is 1.40 bits per heavy atom. The molecule has 0 atom stereocenters. The van der Waals surface area contributed by atoms with Crippen molar-refractivity contribution in [3.8, 4) is 5.75 Å². The minimum atomic E-state index is 0.776. The summed E-state index contributed by atoms with van der Waals surface area (Å²) in [5, 5.41) is 0. The van der Waals surface area contributed by atoms with Gasteiger partial charge in [-0.15, -0.1) is 0 Å². The van der Waals surface area contributed by atoms with Crippen LogP contribution >= 0.6 is 11.8 Å². The van der Waals surface area contributed by atoms with Crippen LogP contribution in [-0.4, -0.2) is 19.4 Å². The Morgan fingerprint density at radius 3 is 2.87 bits per heavy atom. The first-order valence-electron chi connectivity index (χ1n) is 5.19. The van der Waals surface area contributed by atoms with E-state index in [0.717, 1.165) is 30.2 Å². The number of nitrogens with two attached hydrogens (primary N) is 1. The molecule has 0 unspecified atom stereocenters. The van der Waals surface area contributed by atoms with E-state index in [0.29, 0.717) is 0 Å². The minimum absolute atomic E-state index is 0.776. The first-order chi connectivity index (χ1) is 7.27. The van der Waals surface area contributed by atoms with Gasteiger partial charge in [0, 0.05) is 11.3 Å². The molecule has 0 aliphatic heterocycles. The molecule has 0 saturated heterocycles. The van der Waals surface area contributed by atoms with Crippen LogP contribution in [0, 0.1) is 6.92 Å². The van der Waals surface area contributed by atoms with Gasteiger partial charge in [-0.05, 0) is 31.7 Å². The van der Waals surface area contributed by atoms with Crippen LogP contribution in [0.5, 0.6) is 5.75 Å². The Hall–Kier alpha value is -0.670. The zero-order valence-corrected chi connectivity index (χ0v) is 10.3. The lowest BCUT2D eigenvalue weighted by Crippen LogP contribution is -1.99. The summed E-state index contributed by atoms with van der Waals surface area (Å²) in [7, 11) is 1.72. The molecule has 0 amide bonds. The van der Waals surface area contributed by atoms with E-state index in [1.165, 1.54) is 11.1 Å². The van der Waals surface area contributed by atoms with Gasteiger partial charge in [-0.3, -0.25) is 0 Å². The second-order valence-electron chi connectivity index (χ2n) is 3.51. The molecule has 0 spiro atoms. The van der Waals surface area contributed by atoms with Gasteiger partial charge in [-0.1, -0.05) is 17.7 Å². The fourth-order valence-electron chi connectivity index (χ4n) is 1.39. The first-order valence-corrected chi connectivity index (χ1v) is 6.34. The SMILES string of the molecule is COc1ccc(C)cc1CSCCCN. The number of rotatable bonds is 6. The molecule has 0 aliphatic rings. The maximum absolute atomic E-state index is 5.45. The van der Waals surface area contributed by atoms with E-state index >= 15 is 0 Å². The summed E-state index contributed by atoms with van der Waals surface area (Å²) in [4.78, 5) is 0. The van der Waals surface area contributed by atoms with Gasteiger partial charge >= 0.3 is 0 Å². The number of hydrogen-bond donors (Lipinski definition) is 1. The molecular formula is C12H19NOS. The van der Waals surface area contributed by atoms with Crippen LogP contribution < -0.4 is 10.5 Å². The topological polar surface area (TPSA) is 35.2 Å². The maximum atomic E-state index is 5.45. The zero-order valence-electron chi connectivity index (χ0n) is 9.45. The molecule has 0 aromatic heterocycles. The predicted molar refractivity (Wildman–Crippen MR) is 67.6 cm³/mol. The second kappa shape index (κ2) is 6.75. The lowest BCUT2D eigenvalue weighted by Gasteiger charge is -2.08. The Morgan fingerprint density at radius 2 is 2.20 bits per heavy atom. The Balaban J connectivity index is 2.54. The zero-order chi connectivity index (χ0) is 11.1. The van der Waals surface area contributed by atoms with Crippen molar-refractivity contribution in [2.24, 2.45) is 5.73 Å². The highest BCUT2D eigenvalue weighted by molar-refractivity contribution is 7.98. The van der Waals surface area contributed by atoms with E-state index < -0.39 is 0 Å². The van der Waals surface area contributed by atoms with Crippen LogP contribution in [0.1, 0.15) is 17.5 Å². The van der Waals surface area contributed by atoms with Crippen molar-refractivity contribution in [1.82, 2.24) is 0 Å². The van der Waals surface area contributed by atoms with E-state index in [4.69, 9.17) is 10.5 Å². The molecule has 15 heavy (non-hydrogen) atoms. The summed E-state index contributed by atoms with van der Waals surface area (Å²) in [6.45, 7) is 2.88. The Labute approximate surface area is 96.2 Å². The van der Waals surface area contributed by atoms with Gasteiger partial charge < -0.3 is 10.5 Å². The number of aryl methyl sites for hydroxylation is 1. The summed E-state index contributed by atoms with van der Waals surface area (Å²) in [6, 6.07) is 6.30. The third-order valence-corrected chi connectivity index (χ3v) is 3.28. The summed E-state index contributed by atoms with van der Waals surface area (Å²) < 4.78 is 5.32. The van der Waals surface area contributed by atoms with Gasteiger partial charge in [0.15, 0.2) is 0 Å². The molecule has 1 rings (SSSR count). The minimum Gasteiger partial charge on any atom is -0.496 e. The van der Waals surface area contributed by atoms with E-state index in [1.807, 2.05) is 17.8 Å². The molecule has 0 aliphatic carbocycles. The molecule has 0 fully saturated rings. The lowest BCUT2D eigenvalue weighted by atomic mass is 10.1. The summed E-state index contributed by atoms with van der Waals surface area (Å²) >= 11 is 1.91. The highest BCUT2D eigenvalue weighted by Crippen LogP contribution is 2.24. The van der Waals surface area contributed by atoms with Crippen molar-refractivity contribution in [1.29, 1.82) is 0 Å². The maximum Gasteiger partial charge on any atom is 0.122 e. The van der Waals surface area contributed by atoms with Crippen LogP contribution in [0.4, 0.5) is 0 Å². The van der Waals surface area contributed by atoms with Crippen molar-refractivity contribution in [3.63, 3.8) is 0 Å². The number of thioether (sulfide) groups is 1. The normalized spacial score (nSPS) is 10.3. The standard InChI is InChI=1S/C12H19NOS/c1-10-4-5-12(14-2)11(8-10)9-15-7-3-6-13/h4-5,8H,3,6-7,9,13H2,1-2H3. The predicted octanol–water partition coefficient (Wildman–Crippen LogP) is 2.59. The van der Waals surface area contributed by atoms with Crippen molar-refractivity contribution in [3.05, 3.63) is 29.3 Å². The van der Waals surface area contributed by atoms with E-state index in [1.54, 1.807) is 7.11 Å². The first kappa shape index (κ1) is 12.4. The molecule has 2 nitrogen and oxygen atoms in total. The van der Waals surface area contributed by atoms with Crippen LogP contribution in [-0.2, 0) is 5.75 Å². The molecule has 1 aromatic carbocycles. The second-order valence-corrected chi connectivity index (χ2v) is 4.62. The summed E-state index contributed by atoms with van der Waals surface area (Å²) in [6.07, 6.45) is 1.08. The van der Waals surface area contributed by atoms with Gasteiger partial charge in [-0.25, -0.2) is 0 Å². The van der Waals surface area contributed by atoms with Gasteiger partial charge in [0.25, 0.3) is 0 Å². The Bertz CT molecular complexity index is 302. The summed E-state index contributed by atoms with van der Waals surface area (Å²) in [5.41, 5.74) is 8.01. The molecule has 1 aromatic rings. The molecule has 0 radical (unpaired) electrons. The van der Waals surface area contributed by atoms with Crippen molar-refractivity contribution < 1.29 is 4.74 Å². The number of ether oxygens (including phenoxy) is 1. The molecule has 0 bridgehead atoms. The molecule has 0 heterocycles. The number of benzene rings is 1. The molecular weight excluding hydrogens is 206 g/mol. The smallest absolute Gasteiger partial charge is 0.122 e. The molecule has 2 N–H and O–H groups in total. The largest absolute Gasteiger partial charge is 0.496 e. The molecule has 0 saturated carbocycles. The van der Waals surface area contributed by atoms with E-state index in [2.05, 4.69) is 19.1 Å². The van der Waals surface area contributed by atoms with Crippen molar-refractivity contribution in [2.45, 2.75) is 19.1 Å². The quantitative estimate of drug-likeness (QED) is 0.756. The van der Waals surface area contributed by atoms with Crippen LogP contribution in [0.15, 0.2) is 18.2 Å². The Kier molecular flexibility index (Phi) is 5.58. The average molecular weight is 225 g/mol. The number of methoxy groups -OCH3 is 1. The average Bonchev–Trinajstić information content (AvgIpc) is 2.25. The monoisotopic (exact) mass is 225 g/mol. The van der Waals surface area contributed by atoms with Crippen LogP contribution in [0.2, 0.25) is 0 Å². The lowest BCUT2D eigenvalue weighted by molar-refractivity contribution is 0.411. The molecule has 3 heteroatoms. The van der Waals surface area contributed by atoms with Gasteiger partial charge in [0.05, 0.1) is 7.11 Å². The van der Waals surface area contributed by atoms with Crippen LogP contribution in [0.3, 0.4) is 0 Å². The fourth-order valence-corrected chi connectivity index (χ4v) is 2.35. The molecule has 84 valence electrons. The number of hydrogen-bond acceptors (Lipinski definition) is 3. The van der Waals surface area contributed by atoms with Gasteiger partial charge in [-0.2, -0.15) is 11.8 Å². The van der Waals surface area contributed by atoms with Crippen molar-refractivity contribution >= 4 is 11.8 Å². The third-order valence-electron chi connectivity index (χ3n) is 2.19. The van der Waals surface area contributed by atoms with Crippen molar-refractivity contribution in [2.75, 3.05) is 19.4 Å². The fraction of sp³-hybridized carbons (Fsp3) is 0.500.